The number of thioether (sulfide) groups is 1. The first-order chi connectivity index (χ1) is 16.5. The van der Waals surface area contributed by atoms with E-state index in [1.54, 1.807) is 31.8 Å². The average molecular weight is 479 g/mol. The number of aryl methyl sites for hydroxylation is 1. The standard InChI is InChI=1S/C23H22N6O4S/c1-14-17(9-11-32-14)22-25-26-23(28(22)24)34-13-21(30)29-19(20-4-3-10-33-20)12-18(27-29)15-5-7-16(31-2)8-6-15/h3-11,19H,12-13,24H2,1-2H3/t19-/m1/s1. The van der Waals surface area contributed by atoms with Gasteiger partial charge in [0.2, 0.25) is 5.16 Å². The number of carbonyl (C=O) groups excluding carboxylic acids is 1. The Labute approximate surface area is 199 Å². The van der Waals surface area contributed by atoms with Gasteiger partial charge in [0, 0.05) is 6.42 Å². The van der Waals surface area contributed by atoms with Gasteiger partial charge in [-0.15, -0.1) is 10.2 Å². The molecular weight excluding hydrogens is 456 g/mol. The lowest BCUT2D eigenvalue weighted by molar-refractivity contribution is -0.130. The number of furan rings is 2. The zero-order chi connectivity index (χ0) is 23.7. The first-order valence-electron chi connectivity index (χ1n) is 10.5. The molecule has 3 aromatic heterocycles. The summed E-state index contributed by atoms with van der Waals surface area (Å²) in [4.78, 5) is 13.2. The maximum Gasteiger partial charge on any atom is 0.253 e. The van der Waals surface area contributed by atoms with Crippen LogP contribution in [0.25, 0.3) is 11.4 Å². The molecule has 1 amide bonds. The van der Waals surface area contributed by atoms with E-state index < -0.39 is 0 Å². The van der Waals surface area contributed by atoms with Crippen molar-refractivity contribution >= 4 is 23.4 Å². The van der Waals surface area contributed by atoms with Crippen LogP contribution in [0.15, 0.2) is 74.1 Å². The summed E-state index contributed by atoms with van der Waals surface area (Å²) in [7, 11) is 1.62. The summed E-state index contributed by atoms with van der Waals surface area (Å²) >= 11 is 1.19. The first kappa shape index (κ1) is 21.8. The molecule has 4 heterocycles. The van der Waals surface area contributed by atoms with E-state index in [9.17, 15) is 4.79 Å². The van der Waals surface area contributed by atoms with Gasteiger partial charge in [0.15, 0.2) is 5.82 Å². The van der Waals surface area contributed by atoms with Crippen LogP contribution in [0.3, 0.4) is 0 Å². The number of ether oxygens (including phenoxy) is 1. The number of amides is 1. The highest BCUT2D eigenvalue weighted by atomic mass is 32.2. The normalized spacial score (nSPS) is 15.5. The van der Waals surface area contributed by atoms with Gasteiger partial charge in [0.25, 0.3) is 5.91 Å². The molecule has 2 N–H and O–H groups in total. The lowest BCUT2D eigenvalue weighted by Gasteiger charge is -2.19. The molecule has 0 aliphatic carbocycles. The number of aromatic nitrogens is 3. The summed E-state index contributed by atoms with van der Waals surface area (Å²) < 4.78 is 17.5. The van der Waals surface area contributed by atoms with Crippen LogP contribution in [-0.4, -0.2) is 44.4 Å². The van der Waals surface area contributed by atoms with Gasteiger partial charge in [-0.25, -0.2) is 9.69 Å². The smallest absolute Gasteiger partial charge is 0.253 e. The molecular formula is C23H22N6O4S. The molecule has 0 saturated carbocycles. The van der Waals surface area contributed by atoms with E-state index in [0.717, 1.165) is 22.6 Å². The minimum atomic E-state index is -0.333. The van der Waals surface area contributed by atoms with Gasteiger partial charge in [0.05, 0.1) is 36.7 Å². The largest absolute Gasteiger partial charge is 0.497 e. The van der Waals surface area contributed by atoms with E-state index in [1.807, 2.05) is 37.3 Å². The van der Waals surface area contributed by atoms with Crippen molar-refractivity contribution in [2.75, 3.05) is 18.7 Å². The van der Waals surface area contributed by atoms with Crippen molar-refractivity contribution in [3.05, 3.63) is 72.1 Å². The summed E-state index contributed by atoms with van der Waals surface area (Å²) in [5.41, 5.74) is 2.46. The topological polar surface area (TPSA) is 125 Å². The Hall–Kier alpha value is -3.99. The van der Waals surface area contributed by atoms with E-state index in [4.69, 9.17) is 19.4 Å². The minimum absolute atomic E-state index is 0.0797. The summed E-state index contributed by atoms with van der Waals surface area (Å²) in [6.07, 6.45) is 3.69. The van der Waals surface area contributed by atoms with Crippen molar-refractivity contribution in [3.8, 4) is 17.1 Å². The van der Waals surface area contributed by atoms with Gasteiger partial charge in [-0.2, -0.15) is 5.10 Å². The van der Waals surface area contributed by atoms with Crippen molar-refractivity contribution < 1.29 is 18.4 Å². The predicted molar refractivity (Wildman–Crippen MR) is 126 cm³/mol. The Morgan fingerprint density at radius 3 is 2.68 bits per heavy atom. The Morgan fingerprint density at radius 2 is 2.00 bits per heavy atom. The lowest BCUT2D eigenvalue weighted by atomic mass is 10.0. The molecule has 1 aliphatic rings. The van der Waals surface area contributed by atoms with Gasteiger partial charge in [-0.1, -0.05) is 11.8 Å². The van der Waals surface area contributed by atoms with Crippen LogP contribution in [-0.2, 0) is 4.79 Å². The highest BCUT2D eigenvalue weighted by molar-refractivity contribution is 7.99. The molecule has 5 rings (SSSR count). The van der Waals surface area contributed by atoms with Crippen LogP contribution >= 0.6 is 11.8 Å². The number of methoxy groups -OCH3 is 1. The van der Waals surface area contributed by atoms with Crippen LogP contribution in [0.4, 0.5) is 0 Å². The van der Waals surface area contributed by atoms with Crippen LogP contribution in [0, 0.1) is 6.92 Å². The Morgan fingerprint density at radius 1 is 1.18 bits per heavy atom. The molecule has 1 aromatic carbocycles. The Balaban J connectivity index is 1.35. The zero-order valence-corrected chi connectivity index (χ0v) is 19.4. The summed E-state index contributed by atoms with van der Waals surface area (Å²) in [6, 6.07) is 12.7. The monoisotopic (exact) mass is 478 g/mol. The number of hydrogen-bond donors (Lipinski definition) is 1. The van der Waals surface area contributed by atoms with Gasteiger partial charge >= 0.3 is 0 Å². The number of benzene rings is 1. The fourth-order valence-electron chi connectivity index (χ4n) is 3.77. The van der Waals surface area contributed by atoms with E-state index in [0.29, 0.717) is 28.9 Å². The third kappa shape index (κ3) is 4.05. The van der Waals surface area contributed by atoms with E-state index in [2.05, 4.69) is 15.3 Å². The van der Waals surface area contributed by atoms with Gasteiger partial charge in [0.1, 0.15) is 23.3 Å². The molecule has 0 unspecified atom stereocenters. The maximum atomic E-state index is 13.2. The molecule has 1 aliphatic heterocycles. The van der Waals surface area contributed by atoms with Crippen LogP contribution in [0.5, 0.6) is 5.75 Å². The van der Waals surface area contributed by atoms with Gasteiger partial charge < -0.3 is 19.4 Å². The summed E-state index contributed by atoms with van der Waals surface area (Å²) in [6.45, 7) is 1.82. The molecule has 11 heteroatoms. The highest BCUT2D eigenvalue weighted by Gasteiger charge is 2.35. The molecule has 34 heavy (non-hydrogen) atoms. The Kier molecular flexibility index (Phi) is 5.84. The molecule has 174 valence electrons. The number of carbonyl (C=O) groups is 1. The molecule has 0 saturated heterocycles. The lowest BCUT2D eigenvalue weighted by Crippen LogP contribution is -2.28. The number of nitrogens with two attached hydrogens (primary N) is 1. The summed E-state index contributed by atoms with van der Waals surface area (Å²) in [5.74, 6) is 8.65. The quantitative estimate of drug-likeness (QED) is 0.315. The Bertz CT molecular complexity index is 1330. The zero-order valence-electron chi connectivity index (χ0n) is 18.5. The fourth-order valence-corrected chi connectivity index (χ4v) is 4.48. The van der Waals surface area contributed by atoms with Crippen molar-refractivity contribution in [2.24, 2.45) is 5.10 Å². The van der Waals surface area contributed by atoms with Crippen LogP contribution in [0.2, 0.25) is 0 Å². The molecule has 0 spiro atoms. The molecule has 0 radical (unpaired) electrons. The molecule has 10 nitrogen and oxygen atoms in total. The van der Waals surface area contributed by atoms with Crippen molar-refractivity contribution in [2.45, 2.75) is 24.5 Å². The molecule has 0 bridgehead atoms. The first-order valence-corrected chi connectivity index (χ1v) is 11.5. The van der Waals surface area contributed by atoms with E-state index in [1.165, 1.54) is 21.4 Å². The number of nitrogens with zero attached hydrogens (tertiary/aromatic N) is 5. The van der Waals surface area contributed by atoms with E-state index in [-0.39, 0.29) is 17.7 Å². The predicted octanol–water partition coefficient (Wildman–Crippen LogP) is 3.63. The third-order valence-electron chi connectivity index (χ3n) is 5.55. The van der Waals surface area contributed by atoms with Gasteiger partial charge in [-0.05, 0) is 55.0 Å². The third-order valence-corrected chi connectivity index (χ3v) is 6.48. The fraction of sp³-hybridized carbons (Fsp3) is 0.217. The van der Waals surface area contributed by atoms with Crippen LogP contribution < -0.4 is 10.6 Å². The number of hydrogen-bond acceptors (Lipinski definition) is 9. The average Bonchev–Trinajstić information content (AvgIpc) is 3.65. The SMILES string of the molecule is COc1ccc(C2=NN(C(=O)CSc3nnc(-c4ccoc4C)n3N)[C@@H](c3ccco3)C2)cc1. The van der Waals surface area contributed by atoms with Crippen LogP contribution in [0.1, 0.15) is 29.5 Å². The highest BCUT2D eigenvalue weighted by Crippen LogP contribution is 2.34. The minimum Gasteiger partial charge on any atom is -0.497 e. The number of rotatable bonds is 7. The number of nitrogen functional groups attached to an aromatic ring is 1. The van der Waals surface area contributed by atoms with E-state index >= 15 is 0 Å². The number of hydrazone groups is 1. The molecule has 0 fully saturated rings. The summed E-state index contributed by atoms with van der Waals surface area (Å²) in [5, 5.41) is 14.8. The second-order valence-electron chi connectivity index (χ2n) is 7.60. The molecule has 1 atom stereocenters. The van der Waals surface area contributed by atoms with Gasteiger partial charge in [-0.3, -0.25) is 4.79 Å². The maximum absolute atomic E-state index is 13.2. The van der Waals surface area contributed by atoms with Crippen molar-refractivity contribution in [1.29, 1.82) is 0 Å². The van der Waals surface area contributed by atoms with Crippen molar-refractivity contribution in [3.63, 3.8) is 0 Å². The second kappa shape index (κ2) is 9.10. The molecule has 4 aromatic rings. The second-order valence-corrected chi connectivity index (χ2v) is 8.55. The van der Waals surface area contributed by atoms with Crippen molar-refractivity contribution in [1.82, 2.24) is 19.9 Å².